The van der Waals surface area contributed by atoms with Crippen LogP contribution in [0.5, 0.6) is 0 Å². The minimum absolute atomic E-state index is 0.0736. The van der Waals surface area contributed by atoms with Crippen molar-refractivity contribution in [2.24, 2.45) is 4.99 Å². The fourth-order valence-electron chi connectivity index (χ4n) is 1.69. The monoisotopic (exact) mass is 361 g/mol. The third-order valence-electron chi connectivity index (χ3n) is 2.65. The Bertz CT molecular complexity index is 496. The molecular weight excluding hydrogens is 338 g/mol. The SMILES string of the molecule is CNCc1nc(CSCCCN=C(C[N+](=O)[O-])NCCO)cs1. The lowest BCUT2D eigenvalue weighted by Gasteiger charge is -2.05. The number of nitrogens with one attached hydrogen (secondary N) is 2. The highest BCUT2D eigenvalue weighted by Crippen LogP contribution is 2.16. The van der Waals surface area contributed by atoms with Gasteiger partial charge in [-0.2, -0.15) is 11.8 Å². The first-order chi connectivity index (χ1) is 11.2. The summed E-state index contributed by atoms with van der Waals surface area (Å²) in [6, 6.07) is 0. The van der Waals surface area contributed by atoms with Crippen LogP contribution in [0.15, 0.2) is 10.4 Å². The van der Waals surface area contributed by atoms with Gasteiger partial charge in [0.05, 0.1) is 12.3 Å². The number of nitro groups is 1. The first-order valence-electron chi connectivity index (χ1n) is 7.31. The lowest BCUT2D eigenvalue weighted by Crippen LogP contribution is -2.32. The molecule has 0 bridgehead atoms. The number of hydrogen-bond donors (Lipinski definition) is 3. The normalized spacial score (nSPS) is 11.7. The predicted molar refractivity (Wildman–Crippen MR) is 94.9 cm³/mol. The summed E-state index contributed by atoms with van der Waals surface area (Å²) < 4.78 is 0. The maximum atomic E-state index is 10.5. The van der Waals surface area contributed by atoms with Crippen molar-refractivity contribution in [2.45, 2.75) is 18.7 Å². The molecule has 0 amide bonds. The third kappa shape index (κ3) is 9.49. The van der Waals surface area contributed by atoms with E-state index >= 15 is 0 Å². The van der Waals surface area contributed by atoms with Gasteiger partial charge in [-0.1, -0.05) is 0 Å². The van der Waals surface area contributed by atoms with Crippen molar-refractivity contribution in [1.29, 1.82) is 0 Å². The molecule has 10 heteroatoms. The maximum Gasteiger partial charge on any atom is 0.259 e. The Morgan fingerprint density at radius 3 is 3.13 bits per heavy atom. The Hall–Kier alpha value is -1.23. The third-order valence-corrected chi connectivity index (χ3v) is 4.62. The molecule has 0 atom stereocenters. The average molecular weight is 361 g/mol. The van der Waals surface area contributed by atoms with Crippen LogP contribution in [0, 0.1) is 10.1 Å². The largest absolute Gasteiger partial charge is 0.395 e. The molecule has 0 aliphatic carbocycles. The van der Waals surface area contributed by atoms with E-state index in [4.69, 9.17) is 5.11 Å². The predicted octanol–water partition coefficient (Wildman–Crippen LogP) is 0.743. The lowest BCUT2D eigenvalue weighted by molar-refractivity contribution is -0.463. The van der Waals surface area contributed by atoms with Gasteiger partial charge in [0.1, 0.15) is 5.01 Å². The number of aliphatic imine (C=N–C) groups is 1. The van der Waals surface area contributed by atoms with Crippen LogP contribution in [0.2, 0.25) is 0 Å². The summed E-state index contributed by atoms with van der Waals surface area (Å²) in [6.07, 6.45) is 0.847. The van der Waals surface area contributed by atoms with Crippen molar-refractivity contribution in [1.82, 2.24) is 15.6 Å². The molecule has 0 saturated carbocycles. The molecule has 130 valence electrons. The minimum Gasteiger partial charge on any atom is -0.395 e. The van der Waals surface area contributed by atoms with E-state index in [0.29, 0.717) is 12.4 Å². The molecule has 0 unspecified atom stereocenters. The van der Waals surface area contributed by atoms with Crippen molar-refractivity contribution in [2.75, 3.05) is 39.0 Å². The second kappa shape index (κ2) is 12.2. The summed E-state index contributed by atoms with van der Waals surface area (Å²) in [5, 5.41) is 28.3. The molecule has 1 heterocycles. The standard InChI is InChI=1S/C13H23N5O3S2/c1-14-7-13-17-11(10-23-13)9-22-6-2-3-15-12(8-18(20)21)16-4-5-19/h10,14,19H,2-9H2,1H3,(H,15,16). The van der Waals surface area contributed by atoms with Gasteiger partial charge in [-0.15, -0.1) is 11.3 Å². The summed E-state index contributed by atoms with van der Waals surface area (Å²) >= 11 is 3.44. The molecule has 0 radical (unpaired) electrons. The number of thioether (sulfide) groups is 1. The van der Waals surface area contributed by atoms with E-state index in [2.05, 4.69) is 26.0 Å². The number of thiazole rings is 1. The van der Waals surface area contributed by atoms with Crippen LogP contribution in [0.25, 0.3) is 0 Å². The lowest BCUT2D eigenvalue weighted by atomic mass is 10.4. The zero-order valence-electron chi connectivity index (χ0n) is 13.2. The molecular formula is C13H23N5O3S2. The van der Waals surface area contributed by atoms with Crippen molar-refractivity contribution in [3.05, 3.63) is 26.2 Å². The summed E-state index contributed by atoms with van der Waals surface area (Å²) in [7, 11) is 1.90. The zero-order chi connectivity index (χ0) is 16.9. The number of amidine groups is 1. The van der Waals surface area contributed by atoms with Gasteiger partial charge in [-0.25, -0.2) is 4.98 Å². The van der Waals surface area contributed by atoms with Gasteiger partial charge in [-0.3, -0.25) is 15.1 Å². The number of aliphatic hydroxyl groups is 1. The fourth-order valence-corrected chi connectivity index (χ4v) is 3.44. The summed E-state index contributed by atoms with van der Waals surface area (Å²) in [5.41, 5.74) is 1.09. The Morgan fingerprint density at radius 1 is 1.61 bits per heavy atom. The molecule has 0 spiro atoms. The molecule has 3 N–H and O–H groups in total. The van der Waals surface area contributed by atoms with Gasteiger partial charge in [0, 0.05) is 35.7 Å². The van der Waals surface area contributed by atoms with E-state index in [-0.39, 0.29) is 19.7 Å². The summed E-state index contributed by atoms with van der Waals surface area (Å²) in [6.45, 7) is 1.21. The fraction of sp³-hybridized carbons (Fsp3) is 0.692. The Kier molecular flexibility index (Phi) is 10.5. The van der Waals surface area contributed by atoms with Crippen LogP contribution in [0.4, 0.5) is 0 Å². The van der Waals surface area contributed by atoms with Crippen LogP contribution in [0.1, 0.15) is 17.1 Å². The van der Waals surface area contributed by atoms with Crippen LogP contribution in [-0.2, 0) is 12.3 Å². The maximum absolute atomic E-state index is 10.5. The van der Waals surface area contributed by atoms with Crippen molar-refractivity contribution in [3.8, 4) is 0 Å². The van der Waals surface area contributed by atoms with E-state index < -0.39 is 4.92 Å². The minimum atomic E-state index is -0.428. The molecule has 0 fully saturated rings. The van der Waals surface area contributed by atoms with Gasteiger partial charge in [0.2, 0.25) is 0 Å². The van der Waals surface area contributed by atoms with E-state index in [0.717, 1.165) is 35.2 Å². The molecule has 8 nitrogen and oxygen atoms in total. The Morgan fingerprint density at radius 2 is 2.43 bits per heavy atom. The van der Waals surface area contributed by atoms with E-state index in [1.165, 1.54) is 0 Å². The smallest absolute Gasteiger partial charge is 0.259 e. The number of aliphatic hydroxyl groups excluding tert-OH is 1. The van der Waals surface area contributed by atoms with Gasteiger partial charge < -0.3 is 15.7 Å². The number of hydrogen-bond acceptors (Lipinski definition) is 8. The zero-order valence-corrected chi connectivity index (χ0v) is 14.8. The summed E-state index contributed by atoms with van der Waals surface area (Å²) in [4.78, 5) is 18.8. The highest BCUT2D eigenvalue weighted by Gasteiger charge is 2.06. The first kappa shape index (κ1) is 19.8. The molecule has 0 aliphatic heterocycles. The number of nitrogens with zero attached hydrogens (tertiary/aromatic N) is 3. The van der Waals surface area contributed by atoms with E-state index in [1.807, 2.05) is 7.05 Å². The average Bonchev–Trinajstić information content (AvgIpc) is 2.95. The van der Waals surface area contributed by atoms with Crippen molar-refractivity contribution < 1.29 is 10.0 Å². The molecule has 0 saturated heterocycles. The van der Waals surface area contributed by atoms with Crippen LogP contribution in [-0.4, -0.2) is 59.9 Å². The first-order valence-corrected chi connectivity index (χ1v) is 9.34. The van der Waals surface area contributed by atoms with Crippen LogP contribution >= 0.6 is 23.1 Å². The van der Waals surface area contributed by atoms with Crippen molar-refractivity contribution >= 4 is 28.9 Å². The Balaban J connectivity index is 2.20. The number of rotatable bonds is 12. The number of aromatic nitrogens is 1. The van der Waals surface area contributed by atoms with Gasteiger partial charge in [0.25, 0.3) is 6.54 Å². The van der Waals surface area contributed by atoms with Gasteiger partial charge >= 0.3 is 0 Å². The molecule has 0 aromatic carbocycles. The van der Waals surface area contributed by atoms with E-state index in [1.54, 1.807) is 23.1 Å². The highest BCUT2D eigenvalue weighted by atomic mass is 32.2. The second-order valence-corrected chi connectivity index (χ2v) is 6.69. The van der Waals surface area contributed by atoms with E-state index in [9.17, 15) is 10.1 Å². The van der Waals surface area contributed by atoms with Gasteiger partial charge in [0.15, 0.2) is 5.84 Å². The highest BCUT2D eigenvalue weighted by molar-refractivity contribution is 7.98. The quantitative estimate of drug-likeness (QED) is 0.165. The molecule has 1 rings (SSSR count). The molecule has 23 heavy (non-hydrogen) atoms. The second-order valence-electron chi connectivity index (χ2n) is 4.64. The van der Waals surface area contributed by atoms with Gasteiger partial charge in [-0.05, 0) is 19.2 Å². The van der Waals surface area contributed by atoms with Crippen LogP contribution in [0.3, 0.4) is 0 Å². The molecule has 1 aromatic rings. The topological polar surface area (TPSA) is 113 Å². The van der Waals surface area contributed by atoms with Crippen molar-refractivity contribution in [3.63, 3.8) is 0 Å². The van der Waals surface area contributed by atoms with Crippen LogP contribution < -0.4 is 10.6 Å². The molecule has 0 aliphatic rings. The summed E-state index contributed by atoms with van der Waals surface area (Å²) in [5.74, 6) is 2.12. The molecule has 1 aromatic heterocycles. The Labute approximate surface area is 144 Å².